The monoisotopic (exact) mass is 523 g/mol. The van der Waals surface area contributed by atoms with Crippen molar-refractivity contribution in [1.82, 2.24) is 4.90 Å². The molecule has 9 heteroatoms. The second-order valence-corrected chi connectivity index (χ2v) is 10.2. The summed E-state index contributed by atoms with van der Waals surface area (Å²) in [5.74, 6) is -1.41. The summed E-state index contributed by atoms with van der Waals surface area (Å²) in [6, 6.07) is 0. The van der Waals surface area contributed by atoms with Crippen LogP contribution in [-0.2, 0) is 23.8 Å². The minimum Gasteiger partial charge on any atom is -0.457 e. The van der Waals surface area contributed by atoms with E-state index >= 15 is 0 Å². The van der Waals surface area contributed by atoms with Crippen LogP contribution in [0.4, 0.5) is 4.79 Å². The van der Waals surface area contributed by atoms with E-state index in [1.807, 2.05) is 45.9 Å². The number of nitrogens with zero attached hydrogens (tertiary/aromatic N) is 1. The van der Waals surface area contributed by atoms with E-state index in [0.29, 0.717) is 6.54 Å². The van der Waals surface area contributed by atoms with Gasteiger partial charge in [-0.15, -0.1) is 0 Å². The lowest BCUT2D eigenvalue weighted by Gasteiger charge is -2.32. The topological polar surface area (TPSA) is 123 Å². The molecule has 1 aliphatic heterocycles. The highest BCUT2D eigenvalue weighted by Crippen LogP contribution is 2.27. The largest absolute Gasteiger partial charge is 0.457 e. The molecule has 1 amide bonds. The van der Waals surface area contributed by atoms with Crippen molar-refractivity contribution in [2.24, 2.45) is 11.8 Å². The number of hydrogen-bond acceptors (Lipinski definition) is 8. The third kappa shape index (κ3) is 12.0. The van der Waals surface area contributed by atoms with E-state index in [1.54, 1.807) is 26.1 Å². The molecule has 0 radical (unpaired) electrons. The standard InChI is InChI=1S/C28H45NO8/c1-8-16-29(7)27(33)35-18-19(2)10-9-11-20(3)26-21(4)12-13-24(36-22(5)30)28(6,34)15-14-23(31)17-25(32)37-26/h9-13,19,21,23-24,26,31,34H,8,14-18H2,1-7H3/b10-9+,13-12+,20-11+/t19?,21-,23-,24-,26+,28-/m0/s1. The third-order valence-electron chi connectivity index (χ3n) is 6.21. The molecule has 210 valence electrons. The van der Waals surface area contributed by atoms with Crippen molar-refractivity contribution < 1.29 is 38.8 Å². The van der Waals surface area contributed by atoms with Gasteiger partial charge in [-0.25, -0.2) is 4.79 Å². The zero-order chi connectivity index (χ0) is 28.2. The Morgan fingerprint density at radius 2 is 2.00 bits per heavy atom. The van der Waals surface area contributed by atoms with E-state index in [1.165, 1.54) is 11.8 Å². The number of allylic oxidation sites excluding steroid dienone is 2. The van der Waals surface area contributed by atoms with Crippen molar-refractivity contribution in [3.63, 3.8) is 0 Å². The Hall–Kier alpha value is -2.65. The summed E-state index contributed by atoms with van der Waals surface area (Å²) in [6.07, 6.45) is 6.91. The van der Waals surface area contributed by atoms with Gasteiger partial charge in [-0.3, -0.25) is 9.59 Å². The molecule has 0 aliphatic carbocycles. The van der Waals surface area contributed by atoms with Crippen LogP contribution in [-0.4, -0.2) is 77.3 Å². The maximum Gasteiger partial charge on any atom is 0.409 e. The quantitative estimate of drug-likeness (QED) is 0.212. The number of aliphatic hydroxyl groups excluding tert-OH is 1. The first kappa shape index (κ1) is 32.4. The number of ether oxygens (including phenoxy) is 3. The molecule has 0 saturated carbocycles. The van der Waals surface area contributed by atoms with Gasteiger partial charge in [-0.05, 0) is 44.8 Å². The van der Waals surface area contributed by atoms with Gasteiger partial charge in [-0.2, -0.15) is 0 Å². The van der Waals surface area contributed by atoms with Gasteiger partial charge in [0.15, 0.2) is 0 Å². The third-order valence-corrected chi connectivity index (χ3v) is 6.21. The van der Waals surface area contributed by atoms with Gasteiger partial charge in [0.05, 0.1) is 19.1 Å². The molecule has 0 saturated heterocycles. The molecule has 0 aromatic carbocycles. The first-order valence-corrected chi connectivity index (χ1v) is 12.9. The Kier molecular flexibility index (Phi) is 13.6. The number of carbonyl (C=O) groups is 3. The normalized spacial score (nSPS) is 29.4. The van der Waals surface area contributed by atoms with Gasteiger partial charge in [-0.1, -0.05) is 45.1 Å². The molecule has 1 heterocycles. The van der Waals surface area contributed by atoms with Crippen molar-refractivity contribution >= 4 is 18.0 Å². The van der Waals surface area contributed by atoms with Crippen molar-refractivity contribution in [2.75, 3.05) is 20.2 Å². The molecule has 0 bridgehead atoms. The van der Waals surface area contributed by atoms with Crippen LogP contribution in [0.5, 0.6) is 0 Å². The SMILES string of the molecule is CCCN(C)C(=O)OCC(C)/C=C/C=C(\C)[C@H]1OC(=O)C[C@@H](O)CC[C@](C)(O)[C@@H](OC(C)=O)/C=C/[C@@H]1C. The summed E-state index contributed by atoms with van der Waals surface area (Å²) in [7, 11) is 1.70. The lowest BCUT2D eigenvalue weighted by atomic mass is 9.88. The molecule has 0 aromatic rings. The summed E-state index contributed by atoms with van der Waals surface area (Å²) < 4.78 is 16.4. The van der Waals surface area contributed by atoms with Crippen LogP contribution in [0.25, 0.3) is 0 Å². The average Bonchev–Trinajstić information content (AvgIpc) is 2.81. The van der Waals surface area contributed by atoms with Gasteiger partial charge in [0.1, 0.15) is 17.8 Å². The van der Waals surface area contributed by atoms with E-state index in [9.17, 15) is 24.6 Å². The molecule has 37 heavy (non-hydrogen) atoms. The Morgan fingerprint density at radius 1 is 1.32 bits per heavy atom. The average molecular weight is 524 g/mol. The molecule has 1 aliphatic rings. The van der Waals surface area contributed by atoms with Crippen molar-refractivity contribution in [1.29, 1.82) is 0 Å². The van der Waals surface area contributed by atoms with Gasteiger partial charge in [0.2, 0.25) is 0 Å². The van der Waals surface area contributed by atoms with Crippen LogP contribution in [0, 0.1) is 11.8 Å². The lowest BCUT2D eigenvalue weighted by molar-refractivity contribution is -0.157. The van der Waals surface area contributed by atoms with E-state index in [0.717, 1.165) is 12.0 Å². The van der Waals surface area contributed by atoms with Crippen LogP contribution in [0.1, 0.15) is 67.2 Å². The Balaban J connectivity index is 3.03. The number of cyclic esters (lactones) is 1. The summed E-state index contributed by atoms with van der Waals surface area (Å²) >= 11 is 0. The van der Waals surface area contributed by atoms with Gasteiger partial charge in [0.25, 0.3) is 0 Å². The first-order valence-electron chi connectivity index (χ1n) is 12.9. The predicted octanol–water partition coefficient (Wildman–Crippen LogP) is 3.94. The second-order valence-electron chi connectivity index (χ2n) is 10.2. The number of rotatable bonds is 8. The molecule has 1 rings (SSSR count). The molecule has 2 N–H and O–H groups in total. The summed E-state index contributed by atoms with van der Waals surface area (Å²) in [4.78, 5) is 37.6. The summed E-state index contributed by atoms with van der Waals surface area (Å²) in [6.45, 7) is 11.3. The minimum absolute atomic E-state index is 0.0268. The zero-order valence-corrected chi connectivity index (χ0v) is 23.3. The fourth-order valence-electron chi connectivity index (χ4n) is 3.92. The maximum atomic E-state index is 12.5. The predicted molar refractivity (Wildman–Crippen MR) is 141 cm³/mol. The summed E-state index contributed by atoms with van der Waals surface area (Å²) in [5.41, 5.74) is -0.656. The van der Waals surface area contributed by atoms with E-state index in [4.69, 9.17) is 14.2 Å². The second kappa shape index (κ2) is 15.6. The molecular formula is C28H45NO8. The highest BCUT2D eigenvalue weighted by molar-refractivity contribution is 5.70. The van der Waals surface area contributed by atoms with Gasteiger partial charge >= 0.3 is 18.0 Å². The number of amides is 1. The summed E-state index contributed by atoms with van der Waals surface area (Å²) in [5, 5.41) is 21.2. The highest BCUT2D eigenvalue weighted by Gasteiger charge is 2.35. The van der Waals surface area contributed by atoms with Crippen LogP contribution < -0.4 is 0 Å². The fourth-order valence-corrected chi connectivity index (χ4v) is 3.92. The molecule has 0 spiro atoms. The molecule has 0 aromatic heterocycles. The van der Waals surface area contributed by atoms with Crippen molar-refractivity contribution in [3.05, 3.63) is 36.0 Å². The number of aliphatic hydroxyl groups is 2. The Morgan fingerprint density at radius 3 is 2.62 bits per heavy atom. The van der Waals surface area contributed by atoms with Gasteiger partial charge in [0, 0.05) is 32.4 Å². The zero-order valence-electron chi connectivity index (χ0n) is 23.3. The smallest absolute Gasteiger partial charge is 0.409 e. The van der Waals surface area contributed by atoms with Crippen LogP contribution in [0.15, 0.2) is 36.0 Å². The van der Waals surface area contributed by atoms with E-state index in [2.05, 4.69) is 0 Å². The Labute approximate surface area is 221 Å². The fraction of sp³-hybridized carbons (Fsp3) is 0.679. The van der Waals surface area contributed by atoms with Crippen LogP contribution >= 0.6 is 0 Å². The lowest BCUT2D eigenvalue weighted by Crippen LogP contribution is -2.42. The Bertz CT molecular complexity index is 847. The van der Waals surface area contributed by atoms with Crippen molar-refractivity contribution in [2.45, 2.75) is 91.1 Å². The molecular weight excluding hydrogens is 478 g/mol. The number of hydrogen-bond donors (Lipinski definition) is 2. The first-order chi connectivity index (χ1) is 17.3. The van der Waals surface area contributed by atoms with Crippen LogP contribution in [0.3, 0.4) is 0 Å². The molecule has 0 fully saturated rings. The number of carbonyl (C=O) groups excluding carboxylic acids is 3. The molecule has 6 atom stereocenters. The van der Waals surface area contributed by atoms with Crippen molar-refractivity contribution in [3.8, 4) is 0 Å². The molecule has 1 unspecified atom stereocenters. The molecule has 9 nitrogen and oxygen atoms in total. The maximum absolute atomic E-state index is 12.5. The van der Waals surface area contributed by atoms with E-state index in [-0.39, 0.29) is 43.8 Å². The van der Waals surface area contributed by atoms with E-state index < -0.39 is 35.9 Å². The minimum atomic E-state index is -1.42. The number of esters is 2. The van der Waals surface area contributed by atoms with Crippen LogP contribution in [0.2, 0.25) is 0 Å². The van der Waals surface area contributed by atoms with Gasteiger partial charge < -0.3 is 29.3 Å². The highest BCUT2D eigenvalue weighted by atomic mass is 16.6.